The number of primary amides is 1. The number of fused-ring (bicyclic) bond motifs is 1. The number of methoxy groups -OCH3 is 1. The normalized spacial score (nSPS) is 12.6. The maximum atomic E-state index is 11.2. The first-order valence-corrected chi connectivity index (χ1v) is 11.2. The quantitative estimate of drug-likeness (QED) is 0.251. The van der Waals surface area contributed by atoms with Crippen LogP contribution < -0.4 is 25.3 Å². The third-order valence-electron chi connectivity index (χ3n) is 5.32. The second kappa shape index (κ2) is 12.0. The zero-order valence-electron chi connectivity index (χ0n) is 19.9. The lowest BCUT2D eigenvalue weighted by atomic mass is 10.1. The summed E-state index contributed by atoms with van der Waals surface area (Å²) in [6.45, 7) is 1.77. The second-order valence-electron chi connectivity index (χ2n) is 8.05. The Kier molecular flexibility index (Phi) is 8.87. The predicted octanol–water partition coefficient (Wildman–Crippen LogP) is 3.05. The number of anilines is 1. The number of aromatic nitrogens is 1. The Morgan fingerprint density at radius 1 is 1.08 bits per heavy atom. The second-order valence-corrected chi connectivity index (χ2v) is 8.05. The van der Waals surface area contributed by atoms with Crippen molar-refractivity contribution < 1.29 is 39.1 Å². The number of aryl methyl sites for hydroxylation is 1. The van der Waals surface area contributed by atoms with E-state index in [1.807, 2.05) is 13.0 Å². The fourth-order valence-corrected chi connectivity index (χ4v) is 3.65. The maximum absolute atomic E-state index is 11.2. The molecule has 0 saturated heterocycles. The molecule has 2 aromatic carbocycles. The summed E-state index contributed by atoms with van der Waals surface area (Å²) in [5.74, 6) is 0.599. The summed E-state index contributed by atoms with van der Waals surface area (Å²) in [4.78, 5) is 26.3. The van der Waals surface area contributed by atoms with Gasteiger partial charge in [-0.05, 0) is 42.3 Å². The Hall–Kier alpha value is -4.09. The minimum atomic E-state index is -1.19. The molecule has 0 radical (unpaired) electrons. The standard InChI is InChI=1S/C25H29N3O8/c1-3-14-8-17(4-5-19(14)28-25(26)33)36-21-6-7-27-20-12-23(22(34-2)11-18(20)21)35-13-16(30)9-15(29)10-24(31)32/h4-8,11-12,15-16,29-30H,3,9-10,13H2,1-2H3,(H,31,32)(H3,26,28,33). The van der Waals surface area contributed by atoms with E-state index < -0.39 is 30.6 Å². The van der Waals surface area contributed by atoms with Gasteiger partial charge in [-0.25, -0.2) is 4.79 Å². The summed E-state index contributed by atoms with van der Waals surface area (Å²) in [6.07, 6.45) is -0.650. The van der Waals surface area contributed by atoms with Gasteiger partial charge in [0, 0.05) is 29.8 Å². The van der Waals surface area contributed by atoms with Crippen LogP contribution >= 0.6 is 0 Å². The summed E-state index contributed by atoms with van der Waals surface area (Å²) >= 11 is 0. The lowest BCUT2D eigenvalue weighted by molar-refractivity contribution is -0.139. The van der Waals surface area contributed by atoms with Gasteiger partial charge in [-0.2, -0.15) is 0 Å². The summed E-state index contributed by atoms with van der Waals surface area (Å²) in [7, 11) is 1.47. The highest BCUT2D eigenvalue weighted by Crippen LogP contribution is 2.37. The number of carbonyl (C=O) groups excluding carboxylic acids is 1. The number of carboxylic acids is 1. The number of nitrogens with one attached hydrogen (secondary N) is 1. The van der Waals surface area contributed by atoms with Gasteiger partial charge >= 0.3 is 12.0 Å². The number of amides is 2. The van der Waals surface area contributed by atoms with E-state index in [4.69, 9.17) is 25.1 Å². The van der Waals surface area contributed by atoms with E-state index in [-0.39, 0.29) is 13.0 Å². The van der Waals surface area contributed by atoms with E-state index in [2.05, 4.69) is 10.3 Å². The van der Waals surface area contributed by atoms with Crippen molar-refractivity contribution in [2.24, 2.45) is 5.73 Å². The van der Waals surface area contributed by atoms with Crippen molar-refractivity contribution in [3.05, 3.63) is 48.2 Å². The Bertz CT molecular complexity index is 1230. The molecule has 2 amide bonds. The number of aliphatic carboxylic acids is 1. The number of aliphatic hydroxyl groups excluding tert-OH is 2. The Morgan fingerprint density at radius 2 is 1.86 bits per heavy atom. The first-order valence-electron chi connectivity index (χ1n) is 11.2. The van der Waals surface area contributed by atoms with Crippen molar-refractivity contribution in [2.75, 3.05) is 19.0 Å². The highest BCUT2D eigenvalue weighted by Gasteiger charge is 2.18. The van der Waals surface area contributed by atoms with E-state index in [1.54, 1.807) is 36.5 Å². The number of hydrogen-bond acceptors (Lipinski definition) is 8. The Labute approximate surface area is 207 Å². The van der Waals surface area contributed by atoms with Gasteiger partial charge in [0.25, 0.3) is 0 Å². The van der Waals surface area contributed by atoms with Gasteiger partial charge < -0.3 is 40.6 Å². The summed E-state index contributed by atoms with van der Waals surface area (Å²) < 4.78 is 17.2. The van der Waals surface area contributed by atoms with Gasteiger partial charge in [0.05, 0.1) is 31.3 Å². The van der Waals surface area contributed by atoms with Crippen LogP contribution in [-0.2, 0) is 11.2 Å². The maximum Gasteiger partial charge on any atom is 0.316 e. The molecule has 0 fully saturated rings. The molecule has 6 N–H and O–H groups in total. The molecule has 1 heterocycles. The molecule has 36 heavy (non-hydrogen) atoms. The lowest BCUT2D eigenvalue weighted by Crippen LogP contribution is -2.25. The van der Waals surface area contributed by atoms with Crippen molar-refractivity contribution in [3.63, 3.8) is 0 Å². The molecule has 0 aliphatic carbocycles. The molecular formula is C25H29N3O8. The Morgan fingerprint density at radius 3 is 2.53 bits per heavy atom. The highest BCUT2D eigenvalue weighted by atomic mass is 16.5. The average Bonchev–Trinajstić information content (AvgIpc) is 2.82. The topological polar surface area (TPSA) is 173 Å². The Balaban J connectivity index is 1.81. The number of carbonyl (C=O) groups is 2. The van der Waals surface area contributed by atoms with E-state index in [0.29, 0.717) is 46.0 Å². The first-order chi connectivity index (χ1) is 17.2. The molecule has 0 saturated carbocycles. The first kappa shape index (κ1) is 26.5. The van der Waals surface area contributed by atoms with Crippen LogP contribution in [0.4, 0.5) is 10.5 Å². The average molecular weight is 500 g/mol. The number of urea groups is 1. The number of benzene rings is 2. The summed E-state index contributed by atoms with van der Waals surface area (Å²) in [6, 6.07) is 9.64. The molecule has 0 aliphatic rings. The van der Waals surface area contributed by atoms with Gasteiger partial charge in [-0.1, -0.05) is 6.92 Å². The van der Waals surface area contributed by atoms with Crippen molar-refractivity contribution >= 4 is 28.6 Å². The minimum absolute atomic E-state index is 0.147. The minimum Gasteiger partial charge on any atom is -0.493 e. The van der Waals surface area contributed by atoms with E-state index >= 15 is 0 Å². The van der Waals surface area contributed by atoms with Crippen molar-refractivity contribution in [2.45, 2.75) is 38.4 Å². The smallest absolute Gasteiger partial charge is 0.316 e. The monoisotopic (exact) mass is 499 g/mol. The highest BCUT2D eigenvalue weighted by molar-refractivity contribution is 5.89. The van der Waals surface area contributed by atoms with Crippen LogP contribution in [0.1, 0.15) is 25.3 Å². The number of hydrogen-bond donors (Lipinski definition) is 5. The fraction of sp³-hybridized carbons (Fsp3) is 0.320. The fourth-order valence-electron chi connectivity index (χ4n) is 3.65. The van der Waals surface area contributed by atoms with Crippen LogP contribution in [-0.4, -0.2) is 58.2 Å². The molecule has 2 atom stereocenters. The van der Waals surface area contributed by atoms with Crippen LogP contribution in [0.2, 0.25) is 0 Å². The SMILES string of the molecule is CCc1cc(Oc2ccnc3cc(OCC(O)CC(O)CC(=O)O)c(OC)cc23)ccc1NC(N)=O. The molecule has 0 bridgehead atoms. The number of nitrogens with zero attached hydrogens (tertiary/aromatic N) is 1. The number of rotatable bonds is 12. The van der Waals surface area contributed by atoms with Crippen LogP contribution in [0.25, 0.3) is 10.9 Å². The van der Waals surface area contributed by atoms with Crippen LogP contribution in [0.15, 0.2) is 42.6 Å². The third-order valence-corrected chi connectivity index (χ3v) is 5.32. The van der Waals surface area contributed by atoms with Crippen molar-refractivity contribution in [1.29, 1.82) is 0 Å². The summed E-state index contributed by atoms with van der Waals surface area (Å²) in [5, 5.41) is 31.8. The van der Waals surface area contributed by atoms with Gasteiger partial charge in [-0.15, -0.1) is 0 Å². The zero-order chi connectivity index (χ0) is 26.2. The van der Waals surface area contributed by atoms with Gasteiger partial charge in [0.1, 0.15) is 18.1 Å². The summed E-state index contributed by atoms with van der Waals surface area (Å²) in [5.41, 5.74) is 7.24. The van der Waals surface area contributed by atoms with Crippen LogP contribution in [0.5, 0.6) is 23.0 Å². The lowest BCUT2D eigenvalue weighted by Gasteiger charge is -2.17. The number of ether oxygens (including phenoxy) is 3. The number of aliphatic hydroxyl groups is 2. The van der Waals surface area contributed by atoms with E-state index in [9.17, 15) is 19.8 Å². The van der Waals surface area contributed by atoms with Crippen molar-refractivity contribution in [1.82, 2.24) is 4.98 Å². The molecule has 3 aromatic rings. The van der Waals surface area contributed by atoms with Crippen LogP contribution in [0, 0.1) is 0 Å². The molecule has 0 aliphatic heterocycles. The largest absolute Gasteiger partial charge is 0.493 e. The number of pyridine rings is 1. The molecule has 11 heteroatoms. The number of carboxylic acid groups (broad SMARTS) is 1. The van der Waals surface area contributed by atoms with Gasteiger partial charge in [-0.3, -0.25) is 9.78 Å². The number of nitrogens with two attached hydrogens (primary N) is 1. The van der Waals surface area contributed by atoms with Gasteiger partial charge in [0.2, 0.25) is 0 Å². The molecule has 3 rings (SSSR count). The van der Waals surface area contributed by atoms with Gasteiger partial charge in [0.15, 0.2) is 11.5 Å². The zero-order valence-corrected chi connectivity index (χ0v) is 19.9. The molecule has 1 aromatic heterocycles. The molecule has 2 unspecified atom stereocenters. The third kappa shape index (κ3) is 6.96. The van der Waals surface area contributed by atoms with E-state index in [1.165, 1.54) is 7.11 Å². The van der Waals surface area contributed by atoms with Crippen molar-refractivity contribution in [3.8, 4) is 23.0 Å². The molecule has 11 nitrogen and oxygen atoms in total. The molecular weight excluding hydrogens is 470 g/mol. The molecule has 0 spiro atoms. The van der Waals surface area contributed by atoms with E-state index in [0.717, 1.165) is 5.56 Å². The van der Waals surface area contributed by atoms with Crippen LogP contribution in [0.3, 0.4) is 0 Å². The molecule has 192 valence electrons. The predicted molar refractivity (Wildman–Crippen MR) is 132 cm³/mol.